The zero-order valence-corrected chi connectivity index (χ0v) is 14.2. The van der Waals surface area contributed by atoms with Crippen LogP contribution < -0.4 is 9.80 Å². The van der Waals surface area contributed by atoms with Gasteiger partial charge in [-0.2, -0.15) is 0 Å². The summed E-state index contributed by atoms with van der Waals surface area (Å²) in [5.41, 5.74) is 1.08. The van der Waals surface area contributed by atoms with Crippen molar-refractivity contribution in [3.05, 3.63) is 42.5 Å². The lowest BCUT2D eigenvalue weighted by atomic mass is 9.99. The molecule has 6 nitrogen and oxygen atoms in total. The van der Waals surface area contributed by atoms with Gasteiger partial charge in [-0.1, -0.05) is 6.07 Å². The minimum absolute atomic E-state index is 0.248. The van der Waals surface area contributed by atoms with Gasteiger partial charge in [-0.15, -0.1) is 0 Å². The molecule has 0 aromatic carbocycles. The Hall–Kier alpha value is -2.21. The zero-order valence-electron chi connectivity index (χ0n) is 14.2. The van der Waals surface area contributed by atoms with E-state index in [-0.39, 0.29) is 6.61 Å². The van der Waals surface area contributed by atoms with Crippen molar-refractivity contribution >= 4 is 11.6 Å². The molecule has 2 aromatic heterocycles. The van der Waals surface area contributed by atoms with Gasteiger partial charge in [-0.05, 0) is 30.9 Å². The first-order valence-electron chi connectivity index (χ1n) is 8.55. The summed E-state index contributed by atoms with van der Waals surface area (Å²) in [6, 6.07) is 8.03. The summed E-state index contributed by atoms with van der Waals surface area (Å²) in [5, 5.41) is 9.40. The van der Waals surface area contributed by atoms with Crippen LogP contribution in [0.4, 0.5) is 11.6 Å². The van der Waals surface area contributed by atoms with E-state index in [1.54, 1.807) is 6.33 Å². The van der Waals surface area contributed by atoms with Crippen LogP contribution in [0.1, 0.15) is 18.5 Å². The summed E-state index contributed by atoms with van der Waals surface area (Å²) in [5.74, 6) is 2.21. The smallest absolute Gasteiger partial charge is 0.134 e. The molecule has 1 aliphatic heterocycles. The van der Waals surface area contributed by atoms with Crippen LogP contribution in [0.15, 0.2) is 36.8 Å². The number of rotatable bonds is 6. The van der Waals surface area contributed by atoms with Crippen LogP contribution in [-0.4, -0.2) is 53.3 Å². The Morgan fingerprint density at radius 2 is 2.21 bits per heavy atom. The Morgan fingerprint density at radius 3 is 3.00 bits per heavy atom. The van der Waals surface area contributed by atoms with Crippen molar-refractivity contribution in [1.82, 2.24) is 15.0 Å². The Balaban J connectivity index is 1.63. The maximum Gasteiger partial charge on any atom is 0.134 e. The van der Waals surface area contributed by atoms with E-state index in [2.05, 4.69) is 24.8 Å². The second-order valence-corrected chi connectivity index (χ2v) is 6.36. The fraction of sp³-hybridized carbons (Fsp3) is 0.500. The van der Waals surface area contributed by atoms with Crippen LogP contribution in [0.25, 0.3) is 0 Å². The molecule has 3 heterocycles. The molecule has 0 spiro atoms. The number of likely N-dealkylation sites (N-methyl/N-ethyl adjacent to an activating group) is 1. The van der Waals surface area contributed by atoms with Gasteiger partial charge in [-0.25, -0.2) is 9.97 Å². The van der Waals surface area contributed by atoms with Crippen LogP contribution in [0.2, 0.25) is 0 Å². The fourth-order valence-corrected chi connectivity index (χ4v) is 3.08. The third-order valence-electron chi connectivity index (χ3n) is 4.56. The van der Waals surface area contributed by atoms with Gasteiger partial charge < -0.3 is 14.9 Å². The number of piperidine rings is 1. The summed E-state index contributed by atoms with van der Waals surface area (Å²) < 4.78 is 0. The molecule has 0 radical (unpaired) electrons. The molecule has 1 aliphatic rings. The van der Waals surface area contributed by atoms with Gasteiger partial charge in [0.15, 0.2) is 0 Å². The van der Waals surface area contributed by atoms with Crippen molar-refractivity contribution < 1.29 is 5.11 Å². The molecule has 3 rings (SSSR count). The molecule has 0 bridgehead atoms. The molecule has 0 amide bonds. The lowest BCUT2D eigenvalue weighted by molar-refractivity contribution is 0.208. The molecule has 24 heavy (non-hydrogen) atoms. The van der Waals surface area contributed by atoms with E-state index in [0.717, 1.165) is 56.2 Å². The molecule has 1 unspecified atom stereocenters. The predicted octanol–water partition coefficient (Wildman–Crippen LogP) is 1.76. The Kier molecular flexibility index (Phi) is 5.59. The van der Waals surface area contributed by atoms with Crippen molar-refractivity contribution in [2.24, 2.45) is 5.92 Å². The van der Waals surface area contributed by atoms with E-state index in [1.165, 1.54) is 0 Å². The summed E-state index contributed by atoms with van der Waals surface area (Å²) >= 11 is 0. The topological polar surface area (TPSA) is 65.4 Å². The van der Waals surface area contributed by atoms with Crippen molar-refractivity contribution in [3.63, 3.8) is 0 Å². The SMILES string of the molecule is CN(CCc1ccccn1)c1cc(N2CCCC(CO)C2)ncn1. The van der Waals surface area contributed by atoms with Gasteiger partial charge in [0.25, 0.3) is 0 Å². The van der Waals surface area contributed by atoms with E-state index in [4.69, 9.17) is 0 Å². The highest BCUT2D eigenvalue weighted by molar-refractivity contribution is 5.50. The van der Waals surface area contributed by atoms with Gasteiger partial charge in [0.1, 0.15) is 18.0 Å². The third-order valence-corrected chi connectivity index (χ3v) is 4.56. The van der Waals surface area contributed by atoms with E-state index in [9.17, 15) is 5.11 Å². The molecule has 1 fully saturated rings. The first-order chi connectivity index (χ1) is 11.8. The summed E-state index contributed by atoms with van der Waals surface area (Å²) in [7, 11) is 2.04. The molecule has 128 valence electrons. The van der Waals surface area contributed by atoms with Crippen LogP contribution in [0, 0.1) is 5.92 Å². The van der Waals surface area contributed by atoms with Crippen LogP contribution in [0.5, 0.6) is 0 Å². The summed E-state index contributed by atoms with van der Waals surface area (Å²) in [6.45, 7) is 2.96. The van der Waals surface area contributed by atoms with Crippen LogP contribution >= 0.6 is 0 Å². The quantitative estimate of drug-likeness (QED) is 0.872. The second-order valence-electron chi connectivity index (χ2n) is 6.36. The molecular weight excluding hydrogens is 302 g/mol. The average molecular weight is 327 g/mol. The molecule has 1 N–H and O–H groups in total. The van der Waals surface area contributed by atoms with Gasteiger partial charge >= 0.3 is 0 Å². The third kappa shape index (κ3) is 4.20. The first kappa shape index (κ1) is 16.6. The van der Waals surface area contributed by atoms with Gasteiger partial charge in [0.2, 0.25) is 0 Å². The molecule has 1 atom stereocenters. The normalized spacial score (nSPS) is 17.8. The highest BCUT2D eigenvalue weighted by Gasteiger charge is 2.20. The number of pyridine rings is 1. The van der Waals surface area contributed by atoms with E-state index < -0.39 is 0 Å². The number of anilines is 2. The average Bonchev–Trinajstić information content (AvgIpc) is 2.67. The Labute approximate surface area is 143 Å². The van der Waals surface area contributed by atoms with E-state index >= 15 is 0 Å². The van der Waals surface area contributed by atoms with Gasteiger partial charge in [-0.3, -0.25) is 4.98 Å². The second kappa shape index (κ2) is 8.06. The number of aromatic nitrogens is 3. The number of aliphatic hydroxyl groups excluding tert-OH is 1. The molecule has 2 aromatic rings. The lowest BCUT2D eigenvalue weighted by Gasteiger charge is -2.33. The summed E-state index contributed by atoms with van der Waals surface area (Å²) in [4.78, 5) is 17.6. The maximum absolute atomic E-state index is 9.40. The number of hydrogen-bond donors (Lipinski definition) is 1. The monoisotopic (exact) mass is 327 g/mol. The van der Waals surface area contributed by atoms with Crippen molar-refractivity contribution in [1.29, 1.82) is 0 Å². The standard InChI is InChI=1S/C18H25N5O/c1-22(10-7-16-6-2-3-8-19-16)17-11-18(21-14-20-17)23-9-4-5-15(12-23)13-24/h2-3,6,8,11,14-15,24H,4-5,7,9-10,12-13H2,1H3. The zero-order chi connectivity index (χ0) is 16.8. The van der Waals surface area contributed by atoms with Crippen molar-refractivity contribution in [2.45, 2.75) is 19.3 Å². The highest BCUT2D eigenvalue weighted by Crippen LogP contribution is 2.23. The first-order valence-corrected chi connectivity index (χ1v) is 8.55. The number of hydrogen-bond acceptors (Lipinski definition) is 6. The van der Waals surface area contributed by atoms with E-state index in [0.29, 0.717) is 5.92 Å². The minimum Gasteiger partial charge on any atom is -0.396 e. The van der Waals surface area contributed by atoms with Crippen LogP contribution in [-0.2, 0) is 6.42 Å². The van der Waals surface area contributed by atoms with Gasteiger partial charge in [0.05, 0.1) is 0 Å². The van der Waals surface area contributed by atoms with E-state index in [1.807, 2.05) is 37.5 Å². The Morgan fingerprint density at radius 1 is 1.29 bits per heavy atom. The molecule has 0 aliphatic carbocycles. The maximum atomic E-state index is 9.40. The molecule has 0 saturated carbocycles. The minimum atomic E-state index is 0.248. The molecule has 6 heteroatoms. The van der Waals surface area contributed by atoms with Crippen molar-refractivity contribution in [2.75, 3.05) is 43.1 Å². The van der Waals surface area contributed by atoms with Crippen molar-refractivity contribution in [3.8, 4) is 0 Å². The highest BCUT2D eigenvalue weighted by atomic mass is 16.3. The Bertz CT molecular complexity index is 636. The van der Waals surface area contributed by atoms with Crippen LogP contribution in [0.3, 0.4) is 0 Å². The predicted molar refractivity (Wildman–Crippen MR) is 95.3 cm³/mol. The summed E-state index contributed by atoms with van der Waals surface area (Å²) in [6.07, 6.45) is 6.53. The molecule has 1 saturated heterocycles. The fourth-order valence-electron chi connectivity index (χ4n) is 3.08. The molecular formula is C18H25N5O. The largest absolute Gasteiger partial charge is 0.396 e. The number of nitrogens with zero attached hydrogens (tertiary/aromatic N) is 5. The lowest BCUT2D eigenvalue weighted by Crippen LogP contribution is -2.37. The van der Waals surface area contributed by atoms with Gasteiger partial charge in [0, 0.05) is 57.7 Å². The number of aliphatic hydroxyl groups is 1.